The molecule has 0 aliphatic heterocycles. The van der Waals surface area contributed by atoms with Crippen molar-refractivity contribution in [3.63, 3.8) is 0 Å². The lowest BCUT2D eigenvalue weighted by molar-refractivity contribution is 0.376. The third kappa shape index (κ3) is 2.75. The number of rotatable bonds is 3. The molecule has 0 bridgehead atoms. The van der Waals surface area contributed by atoms with Crippen molar-refractivity contribution in [2.24, 2.45) is 5.92 Å². The Bertz CT molecular complexity index is 798. The number of benzene rings is 2. The van der Waals surface area contributed by atoms with Crippen molar-refractivity contribution in [2.75, 3.05) is 0 Å². The molecule has 0 N–H and O–H groups in total. The number of aryl methyl sites for hydroxylation is 2. The van der Waals surface area contributed by atoms with E-state index < -0.39 is 0 Å². The van der Waals surface area contributed by atoms with Gasteiger partial charge in [-0.25, -0.2) is 0 Å². The van der Waals surface area contributed by atoms with E-state index in [4.69, 9.17) is 0 Å². The molecule has 0 saturated heterocycles. The summed E-state index contributed by atoms with van der Waals surface area (Å²) in [4.78, 5) is 0. The molecule has 0 unspecified atom stereocenters. The third-order valence-corrected chi connectivity index (χ3v) is 5.70. The Labute approximate surface area is 145 Å². The SMILES string of the molecule is Cc1ccc(C2=CCCC(c3ccccc3C)=C2C2CCC2)cc1. The maximum absolute atomic E-state index is 2.49. The molecule has 1 fully saturated rings. The van der Waals surface area contributed by atoms with Gasteiger partial charge in [-0.3, -0.25) is 0 Å². The lowest BCUT2D eigenvalue weighted by Gasteiger charge is -2.35. The van der Waals surface area contributed by atoms with Crippen molar-refractivity contribution < 1.29 is 0 Å². The average molecular weight is 314 g/mol. The van der Waals surface area contributed by atoms with Gasteiger partial charge in [0.25, 0.3) is 0 Å². The summed E-state index contributed by atoms with van der Waals surface area (Å²) in [6.07, 6.45) is 8.92. The Morgan fingerprint density at radius 1 is 0.875 bits per heavy atom. The highest BCUT2D eigenvalue weighted by Gasteiger charge is 2.29. The Hall–Kier alpha value is -2.08. The Morgan fingerprint density at radius 3 is 2.29 bits per heavy atom. The number of hydrogen-bond acceptors (Lipinski definition) is 0. The minimum absolute atomic E-state index is 0.757. The van der Waals surface area contributed by atoms with Gasteiger partial charge in [-0.15, -0.1) is 0 Å². The van der Waals surface area contributed by atoms with Crippen LogP contribution in [0.3, 0.4) is 0 Å². The van der Waals surface area contributed by atoms with E-state index in [-0.39, 0.29) is 0 Å². The van der Waals surface area contributed by atoms with Crippen LogP contribution in [0, 0.1) is 19.8 Å². The zero-order valence-corrected chi connectivity index (χ0v) is 14.8. The average Bonchev–Trinajstić information content (AvgIpc) is 2.55. The standard InChI is InChI=1S/C24H26/c1-17-13-15-19(16-14-17)22-11-6-12-23(24(22)20-8-5-9-20)21-10-4-3-7-18(21)2/h3-4,7,10-11,13-16,20H,5-6,8-9,12H2,1-2H3. The molecular formula is C24H26. The number of hydrogen-bond donors (Lipinski definition) is 0. The van der Waals surface area contributed by atoms with Crippen LogP contribution in [-0.4, -0.2) is 0 Å². The normalized spacial score (nSPS) is 18.3. The lowest BCUT2D eigenvalue weighted by atomic mass is 9.70. The largest absolute Gasteiger partial charge is 0.0760 e. The summed E-state index contributed by atoms with van der Waals surface area (Å²) in [6, 6.07) is 18.0. The summed E-state index contributed by atoms with van der Waals surface area (Å²) in [5, 5.41) is 0. The van der Waals surface area contributed by atoms with Gasteiger partial charge in [0, 0.05) is 0 Å². The molecule has 0 heterocycles. The van der Waals surface area contributed by atoms with Crippen molar-refractivity contribution in [1.82, 2.24) is 0 Å². The minimum Gasteiger partial charge on any atom is -0.0760 e. The van der Waals surface area contributed by atoms with Crippen LogP contribution in [-0.2, 0) is 0 Å². The molecule has 2 aromatic carbocycles. The zero-order valence-electron chi connectivity index (χ0n) is 14.8. The Morgan fingerprint density at radius 2 is 1.62 bits per heavy atom. The third-order valence-electron chi connectivity index (χ3n) is 5.70. The first-order chi connectivity index (χ1) is 11.7. The van der Waals surface area contributed by atoms with Gasteiger partial charge < -0.3 is 0 Å². The van der Waals surface area contributed by atoms with Crippen LogP contribution in [0.1, 0.15) is 54.4 Å². The van der Waals surface area contributed by atoms with Gasteiger partial charge in [0.15, 0.2) is 0 Å². The first-order valence-electron chi connectivity index (χ1n) is 9.30. The molecule has 2 aliphatic carbocycles. The van der Waals surface area contributed by atoms with E-state index in [0.717, 1.165) is 12.3 Å². The first-order valence-corrected chi connectivity index (χ1v) is 9.30. The van der Waals surface area contributed by atoms with E-state index in [9.17, 15) is 0 Å². The Balaban J connectivity index is 1.86. The van der Waals surface area contributed by atoms with E-state index in [2.05, 4.69) is 68.5 Å². The molecule has 24 heavy (non-hydrogen) atoms. The van der Waals surface area contributed by atoms with Crippen molar-refractivity contribution in [3.8, 4) is 0 Å². The van der Waals surface area contributed by atoms with Gasteiger partial charge in [-0.2, -0.15) is 0 Å². The lowest BCUT2D eigenvalue weighted by Crippen LogP contribution is -2.18. The Kier molecular flexibility index (Phi) is 4.14. The summed E-state index contributed by atoms with van der Waals surface area (Å²) in [5.41, 5.74) is 10.4. The molecule has 0 heteroatoms. The molecule has 2 aliphatic rings. The molecular weight excluding hydrogens is 288 g/mol. The van der Waals surface area contributed by atoms with E-state index in [0.29, 0.717) is 0 Å². The second-order valence-electron chi connectivity index (χ2n) is 7.36. The van der Waals surface area contributed by atoms with Crippen molar-refractivity contribution in [2.45, 2.75) is 46.0 Å². The maximum atomic E-state index is 2.49. The monoisotopic (exact) mass is 314 g/mol. The molecule has 0 amide bonds. The van der Waals surface area contributed by atoms with Gasteiger partial charge in [-0.1, -0.05) is 66.6 Å². The van der Waals surface area contributed by atoms with Gasteiger partial charge in [0.1, 0.15) is 0 Å². The van der Waals surface area contributed by atoms with E-state index in [1.54, 1.807) is 11.1 Å². The summed E-state index contributed by atoms with van der Waals surface area (Å²) >= 11 is 0. The van der Waals surface area contributed by atoms with Crippen LogP contribution in [0.5, 0.6) is 0 Å². The second-order valence-corrected chi connectivity index (χ2v) is 7.36. The smallest absolute Gasteiger partial charge is 0.0153 e. The van der Waals surface area contributed by atoms with E-state index >= 15 is 0 Å². The fourth-order valence-electron chi connectivity index (χ4n) is 4.13. The predicted octanol–water partition coefficient (Wildman–Crippen LogP) is 6.73. The fourth-order valence-corrected chi connectivity index (χ4v) is 4.13. The van der Waals surface area contributed by atoms with Crippen molar-refractivity contribution in [3.05, 3.63) is 82.4 Å². The first kappa shape index (κ1) is 15.4. The van der Waals surface area contributed by atoms with Gasteiger partial charge in [-0.05, 0) is 78.9 Å². The molecule has 0 nitrogen and oxygen atoms in total. The molecule has 0 aromatic heterocycles. The summed E-state index contributed by atoms with van der Waals surface area (Å²) in [7, 11) is 0. The highest BCUT2D eigenvalue weighted by Crippen LogP contribution is 2.47. The predicted molar refractivity (Wildman–Crippen MR) is 104 cm³/mol. The fraction of sp³-hybridized carbons (Fsp3) is 0.333. The van der Waals surface area contributed by atoms with E-state index in [1.165, 1.54) is 53.5 Å². The van der Waals surface area contributed by atoms with Gasteiger partial charge in [0.2, 0.25) is 0 Å². The second kappa shape index (κ2) is 6.43. The van der Waals surface area contributed by atoms with Crippen LogP contribution in [0.15, 0.2) is 60.2 Å². The minimum atomic E-state index is 0.757. The molecule has 2 aromatic rings. The van der Waals surface area contributed by atoms with Crippen LogP contribution in [0.25, 0.3) is 11.1 Å². The summed E-state index contributed by atoms with van der Waals surface area (Å²) in [6.45, 7) is 4.42. The van der Waals surface area contributed by atoms with Crippen LogP contribution >= 0.6 is 0 Å². The van der Waals surface area contributed by atoms with Gasteiger partial charge in [0.05, 0.1) is 0 Å². The molecule has 1 saturated carbocycles. The highest BCUT2D eigenvalue weighted by atomic mass is 14.3. The summed E-state index contributed by atoms with van der Waals surface area (Å²) in [5.74, 6) is 0.757. The van der Waals surface area contributed by atoms with Crippen LogP contribution in [0.2, 0.25) is 0 Å². The molecule has 4 rings (SSSR count). The molecule has 0 atom stereocenters. The molecule has 0 radical (unpaired) electrons. The van der Waals surface area contributed by atoms with Crippen LogP contribution in [0.4, 0.5) is 0 Å². The maximum Gasteiger partial charge on any atom is -0.0153 e. The highest BCUT2D eigenvalue weighted by molar-refractivity contribution is 5.92. The molecule has 122 valence electrons. The zero-order chi connectivity index (χ0) is 16.5. The quantitative estimate of drug-likeness (QED) is 0.589. The van der Waals surface area contributed by atoms with E-state index in [1.807, 2.05) is 0 Å². The molecule has 0 spiro atoms. The van der Waals surface area contributed by atoms with Crippen LogP contribution < -0.4 is 0 Å². The van der Waals surface area contributed by atoms with Gasteiger partial charge >= 0.3 is 0 Å². The summed E-state index contributed by atoms with van der Waals surface area (Å²) < 4.78 is 0. The van der Waals surface area contributed by atoms with Crippen molar-refractivity contribution >= 4 is 11.1 Å². The topological polar surface area (TPSA) is 0 Å². The van der Waals surface area contributed by atoms with Crippen molar-refractivity contribution in [1.29, 1.82) is 0 Å². The number of allylic oxidation sites excluding steroid dienone is 4.